The Hall–Kier alpha value is -3.09. The van der Waals surface area contributed by atoms with Gasteiger partial charge in [0.05, 0.1) is 12.2 Å². The second-order valence-corrected chi connectivity index (χ2v) is 19.8. The molecule has 59 heavy (non-hydrogen) atoms. The van der Waals surface area contributed by atoms with Crippen LogP contribution in [-0.2, 0) is 50.6 Å². The van der Waals surface area contributed by atoms with Gasteiger partial charge < -0.3 is 33.8 Å². The van der Waals surface area contributed by atoms with Crippen LogP contribution in [0.2, 0.25) is 13.1 Å². The van der Waals surface area contributed by atoms with E-state index in [0.29, 0.717) is 25.7 Å². The fourth-order valence-corrected chi connectivity index (χ4v) is 8.07. The smallest absolute Gasteiger partial charge is 0.306 e. The van der Waals surface area contributed by atoms with Crippen molar-refractivity contribution in [1.82, 2.24) is 5.32 Å². The standard InChI is InChI=1S/C48H77NO9Si/c1-7-8-9-10-11-12-13-14-15-22-33-39(55-41(50)34-25-23-31-37-27-18-16-19-28-37)46(53)49-43-45(57-42(51)35-26-24-32-38-29-20-17-21-30-38)44(52)40(36-54-48(2,3)4)56-47(43)58-59(5)6/h16-21,27-30,39-40,43-45,47,52,59H,7-15,22-26,31-36H2,1-6H3,(H,49,53)/t39?,40-,43-,44-,45-,47?/m1/s1. The summed E-state index contributed by atoms with van der Waals surface area (Å²) < 4.78 is 30.7. The topological polar surface area (TPSA) is 130 Å². The first-order valence-electron chi connectivity index (χ1n) is 22.8. The van der Waals surface area contributed by atoms with Crippen molar-refractivity contribution in [2.24, 2.45) is 0 Å². The molecular formula is C48H77NO9Si. The first kappa shape index (κ1) is 50.3. The Kier molecular flexibility index (Phi) is 24.2. The molecule has 0 radical (unpaired) electrons. The average Bonchev–Trinajstić information content (AvgIpc) is 3.20. The highest BCUT2D eigenvalue weighted by atomic mass is 28.3. The van der Waals surface area contributed by atoms with Gasteiger partial charge in [-0.1, -0.05) is 125 Å². The number of unbranched alkanes of at least 4 members (excludes halogenated alkanes) is 11. The van der Waals surface area contributed by atoms with E-state index in [-0.39, 0.29) is 19.4 Å². The third-order valence-corrected chi connectivity index (χ3v) is 11.4. The van der Waals surface area contributed by atoms with E-state index in [0.717, 1.165) is 44.9 Å². The summed E-state index contributed by atoms with van der Waals surface area (Å²) in [5.41, 5.74) is 1.89. The fraction of sp³-hybridized carbons (Fsp3) is 0.688. The average molecular weight is 840 g/mol. The molecule has 3 rings (SSSR count). The van der Waals surface area contributed by atoms with E-state index in [1.165, 1.54) is 49.7 Å². The van der Waals surface area contributed by atoms with Crippen LogP contribution in [0.25, 0.3) is 0 Å². The molecule has 0 saturated carbocycles. The van der Waals surface area contributed by atoms with Crippen LogP contribution in [0, 0.1) is 0 Å². The molecule has 11 heteroatoms. The van der Waals surface area contributed by atoms with Gasteiger partial charge in [0, 0.05) is 12.8 Å². The fourth-order valence-electron chi connectivity index (χ4n) is 7.30. The van der Waals surface area contributed by atoms with E-state index in [9.17, 15) is 19.5 Å². The lowest BCUT2D eigenvalue weighted by Gasteiger charge is -2.45. The van der Waals surface area contributed by atoms with Gasteiger partial charge in [-0.3, -0.25) is 14.4 Å². The molecule has 0 bridgehead atoms. The quantitative estimate of drug-likeness (QED) is 0.0468. The molecule has 1 saturated heterocycles. The number of hydrogen-bond donors (Lipinski definition) is 2. The van der Waals surface area contributed by atoms with Crippen molar-refractivity contribution in [3.63, 3.8) is 0 Å². The maximum absolute atomic E-state index is 14.3. The monoisotopic (exact) mass is 840 g/mol. The van der Waals surface area contributed by atoms with Gasteiger partial charge in [-0.15, -0.1) is 0 Å². The van der Waals surface area contributed by atoms with Gasteiger partial charge in [0.15, 0.2) is 27.5 Å². The lowest BCUT2D eigenvalue weighted by atomic mass is 9.95. The summed E-state index contributed by atoms with van der Waals surface area (Å²) in [5.74, 6) is -1.43. The summed E-state index contributed by atoms with van der Waals surface area (Å²) in [5, 5.41) is 14.8. The molecule has 1 amide bonds. The molecule has 6 atom stereocenters. The molecule has 0 aromatic heterocycles. The molecule has 2 unspecified atom stereocenters. The summed E-state index contributed by atoms with van der Waals surface area (Å²) in [4.78, 5) is 41.0. The number of aliphatic hydroxyl groups excluding tert-OH is 1. The molecule has 1 heterocycles. The summed E-state index contributed by atoms with van der Waals surface area (Å²) in [6, 6.07) is 19.2. The molecule has 1 aliphatic rings. The SMILES string of the molecule is CCCCCCCCCCCCC(OC(=O)CCCCc1ccccc1)C(=O)N[C@H]1C(O[SiH](C)C)O[C@H](COC(C)(C)C)[C@@H](O)[C@@H]1OC(=O)CCCCc1ccccc1. The number of carbonyl (C=O) groups excluding carboxylic acids is 3. The van der Waals surface area contributed by atoms with Gasteiger partial charge in [0.2, 0.25) is 0 Å². The summed E-state index contributed by atoms with van der Waals surface area (Å²) >= 11 is 0. The zero-order chi connectivity index (χ0) is 42.9. The molecule has 1 aliphatic heterocycles. The normalized spacial score (nSPS) is 20.0. The Balaban J connectivity index is 1.73. The van der Waals surface area contributed by atoms with Crippen molar-refractivity contribution >= 4 is 26.9 Å². The zero-order valence-corrected chi connectivity index (χ0v) is 38.3. The predicted octanol–water partition coefficient (Wildman–Crippen LogP) is 9.33. The second kappa shape index (κ2) is 28.4. The van der Waals surface area contributed by atoms with Gasteiger partial charge in [-0.25, -0.2) is 0 Å². The number of amides is 1. The van der Waals surface area contributed by atoms with Crippen LogP contribution in [-0.4, -0.2) is 80.9 Å². The summed E-state index contributed by atoms with van der Waals surface area (Å²) in [7, 11) is -1.80. The summed E-state index contributed by atoms with van der Waals surface area (Å²) in [6.07, 6.45) is 11.1. The highest BCUT2D eigenvalue weighted by molar-refractivity contribution is 6.48. The molecule has 0 aliphatic carbocycles. The molecule has 2 N–H and O–H groups in total. The predicted molar refractivity (Wildman–Crippen MR) is 236 cm³/mol. The van der Waals surface area contributed by atoms with Crippen LogP contribution in [0.3, 0.4) is 0 Å². The van der Waals surface area contributed by atoms with E-state index < -0.39 is 69.2 Å². The van der Waals surface area contributed by atoms with Crippen LogP contribution in [0.4, 0.5) is 0 Å². The van der Waals surface area contributed by atoms with E-state index in [4.69, 9.17) is 23.4 Å². The van der Waals surface area contributed by atoms with Crippen molar-refractivity contribution < 1.29 is 42.9 Å². The van der Waals surface area contributed by atoms with E-state index in [1.54, 1.807) is 0 Å². The minimum Gasteiger partial charge on any atom is -0.457 e. The van der Waals surface area contributed by atoms with E-state index >= 15 is 0 Å². The number of aryl methyl sites for hydroxylation is 2. The maximum atomic E-state index is 14.3. The van der Waals surface area contributed by atoms with Gasteiger partial charge in [-0.2, -0.15) is 0 Å². The van der Waals surface area contributed by atoms with Crippen LogP contribution < -0.4 is 5.32 Å². The van der Waals surface area contributed by atoms with Gasteiger partial charge in [0.25, 0.3) is 5.91 Å². The van der Waals surface area contributed by atoms with Crippen molar-refractivity contribution in [3.05, 3.63) is 71.8 Å². The highest BCUT2D eigenvalue weighted by Gasteiger charge is 2.50. The van der Waals surface area contributed by atoms with Crippen molar-refractivity contribution in [2.45, 2.75) is 205 Å². The number of aliphatic hydroxyl groups is 1. The number of hydrogen-bond acceptors (Lipinski definition) is 9. The number of benzene rings is 2. The highest BCUT2D eigenvalue weighted by Crippen LogP contribution is 2.28. The molecule has 2 aromatic rings. The number of carbonyl (C=O) groups is 3. The zero-order valence-electron chi connectivity index (χ0n) is 37.2. The molecule has 2 aromatic carbocycles. The van der Waals surface area contributed by atoms with Gasteiger partial charge in [-0.05, 0) is 96.4 Å². The molecular weight excluding hydrogens is 763 g/mol. The largest absolute Gasteiger partial charge is 0.457 e. The van der Waals surface area contributed by atoms with Crippen molar-refractivity contribution in [3.8, 4) is 0 Å². The lowest BCUT2D eigenvalue weighted by molar-refractivity contribution is -0.259. The molecule has 1 fully saturated rings. The minimum absolute atomic E-state index is 0.0270. The van der Waals surface area contributed by atoms with Crippen LogP contribution >= 0.6 is 0 Å². The molecule has 332 valence electrons. The Morgan fingerprint density at radius 2 is 1.27 bits per heavy atom. The second-order valence-electron chi connectivity index (χ2n) is 17.5. The number of esters is 2. The Labute approximate surface area is 357 Å². The van der Waals surface area contributed by atoms with Gasteiger partial charge >= 0.3 is 11.9 Å². The Bertz CT molecular complexity index is 1440. The van der Waals surface area contributed by atoms with Crippen molar-refractivity contribution in [1.29, 1.82) is 0 Å². The number of rotatable bonds is 29. The lowest BCUT2D eigenvalue weighted by Crippen LogP contribution is -2.67. The van der Waals surface area contributed by atoms with Crippen LogP contribution in [0.1, 0.15) is 148 Å². The van der Waals surface area contributed by atoms with E-state index in [2.05, 4.69) is 36.5 Å². The van der Waals surface area contributed by atoms with E-state index in [1.807, 2.05) is 70.3 Å². The third-order valence-electron chi connectivity index (χ3n) is 10.6. The maximum Gasteiger partial charge on any atom is 0.306 e. The first-order chi connectivity index (χ1) is 28.4. The third kappa shape index (κ3) is 21.3. The Morgan fingerprint density at radius 3 is 1.80 bits per heavy atom. The number of nitrogens with one attached hydrogen (secondary N) is 1. The molecule has 0 spiro atoms. The molecule has 10 nitrogen and oxygen atoms in total. The Morgan fingerprint density at radius 1 is 0.746 bits per heavy atom. The first-order valence-corrected chi connectivity index (χ1v) is 25.5. The minimum atomic E-state index is -1.80. The van der Waals surface area contributed by atoms with Crippen LogP contribution in [0.15, 0.2) is 60.7 Å². The van der Waals surface area contributed by atoms with Crippen molar-refractivity contribution in [2.75, 3.05) is 6.61 Å². The summed E-state index contributed by atoms with van der Waals surface area (Å²) in [6.45, 7) is 11.9. The van der Waals surface area contributed by atoms with Crippen LogP contribution in [0.5, 0.6) is 0 Å². The van der Waals surface area contributed by atoms with Gasteiger partial charge in [0.1, 0.15) is 18.2 Å². The number of ether oxygens (including phenoxy) is 4.